The Kier molecular flexibility index (Phi) is 2.32. The Hall–Kier alpha value is -0.510. The van der Waals surface area contributed by atoms with Crippen LogP contribution in [0.15, 0.2) is 22.4 Å². The van der Waals surface area contributed by atoms with E-state index in [0.717, 1.165) is 21.3 Å². The number of hydrogen-bond donors (Lipinski definition) is 1. The molecule has 0 atom stereocenters. The molecule has 2 rings (SSSR count). The molecular formula is C9H5ClOS2. The summed E-state index contributed by atoms with van der Waals surface area (Å²) in [5.41, 5.74) is 0.644. The minimum Gasteiger partial charge on any atom is -0.298 e. The lowest BCUT2D eigenvalue weighted by Crippen LogP contribution is -1.80. The summed E-state index contributed by atoms with van der Waals surface area (Å²) < 4.78 is 0.927. The van der Waals surface area contributed by atoms with Gasteiger partial charge in [-0.15, -0.1) is 24.0 Å². The van der Waals surface area contributed by atoms with Crippen LogP contribution in [0.3, 0.4) is 0 Å². The Morgan fingerprint density at radius 3 is 2.92 bits per heavy atom. The van der Waals surface area contributed by atoms with Gasteiger partial charge >= 0.3 is 0 Å². The van der Waals surface area contributed by atoms with Crippen LogP contribution >= 0.6 is 35.6 Å². The van der Waals surface area contributed by atoms with E-state index in [1.54, 1.807) is 12.1 Å². The number of benzene rings is 1. The number of fused-ring (bicyclic) bond motifs is 1. The molecule has 0 N–H and O–H groups in total. The summed E-state index contributed by atoms with van der Waals surface area (Å²) in [4.78, 5) is 11.5. The fourth-order valence-corrected chi connectivity index (χ4v) is 2.86. The fraction of sp³-hybridized carbons (Fsp3) is 0. The minimum absolute atomic E-state index is 0.644. The summed E-state index contributed by atoms with van der Waals surface area (Å²) in [5.74, 6) is 0. The van der Waals surface area contributed by atoms with Crippen molar-refractivity contribution in [3.63, 3.8) is 0 Å². The van der Waals surface area contributed by atoms with Crippen molar-refractivity contribution in [3.8, 4) is 0 Å². The number of halogens is 1. The Labute approximate surface area is 89.7 Å². The van der Waals surface area contributed by atoms with Crippen molar-refractivity contribution in [2.75, 3.05) is 0 Å². The number of thiol groups is 1. The summed E-state index contributed by atoms with van der Waals surface area (Å²) in [6.07, 6.45) is 0.825. The lowest BCUT2D eigenvalue weighted by molar-refractivity contribution is 0.112. The average Bonchev–Trinajstić information content (AvgIpc) is 2.51. The van der Waals surface area contributed by atoms with E-state index in [0.29, 0.717) is 10.6 Å². The molecule has 66 valence electrons. The Bertz CT molecular complexity index is 476. The fourth-order valence-electron chi connectivity index (χ4n) is 1.22. The van der Waals surface area contributed by atoms with E-state index in [1.165, 1.54) is 11.3 Å². The maximum atomic E-state index is 10.7. The van der Waals surface area contributed by atoms with Gasteiger partial charge in [-0.1, -0.05) is 11.6 Å². The van der Waals surface area contributed by atoms with E-state index >= 15 is 0 Å². The summed E-state index contributed by atoms with van der Waals surface area (Å²) >= 11 is 11.7. The van der Waals surface area contributed by atoms with E-state index in [4.69, 9.17) is 11.6 Å². The van der Waals surface area contributed by atoms with Crippen LogP contribution in [0.5, 0.6) is 0 Å². The van der Waals surface area contributed by atoms with Gasteiger partial charge in [0.05, 0.1) is 9.72 Å². The molecule has 1 nitrogen and oxygen atoms in total. The topological polar surface area (TPSA) is 17.1 Å². The third-order valence-electron chi connectivity index (χ3n) is 1.81. The van der Waals surface area contributed by atoms with Crippen molar-refractivity contribution in [3.05, 3.63) is 28.1 Å². The smallest absolute Gasteiger partial charge is 0.150 e. The molecule has 1 aromatic carbocycles. The third kappa shape index (κ3) is 1.37. The molecule has 0 fully saturated rings. The molecule has 1 aromatic heterocycles. The van der Waals surface area contributed by atoms with Gasteiger partial charge in [0.2, 0.25) is 0 Å². The molecule has 0 bridgehead atoms. The zero-order valence-electron chi connectivity index (χ0n) is 6.45. The van der Waals surface area contributed by atoms with Crippen molar-refractivity contribution >= 4 is 51.9 Å². The number of aldehydes is 1. The van der Waals surface area contributed by atoms with Crippen molar-refractivity contribution in [1.29, 1.82) is 0 Å². The first-order valence-corrected chi connectivity index (χ1v) is 5.28. The molecule has 0 unspecified atom stereocenters. The highest BCUT2D eigenvalue weighted by Gasteiger charge is 2.08. The van der Waals surface area contributed by atoms with Crippen LogP contribution in [-0.2, 0) is 0 Å². The highest BCUT2D eigenvalue weighted by molar-refractivity contribution is 7.80. The Morgan fingerprint density at radius 1 is 1.46 bits per heavy atom. The molecule has 13 heavy (non-hydrogen) atoms. The van der Waals surface area contributed by atoms with Gasteiger partial charge in [-0.3, -0.25) is 4.79 Å². The molecule has 0 aliphatic carbocycles. The highest BCUT2D eigenvalue weighted by Crippen LogP contribution is 2.35. The van der Waals surface area contributed by atoms with Crippen molar-refractivity contribution < 1.29 is 4.79 Å². The van der Waals surface area contributed by atoms with Gasteiger partial charge in [-0.05, 0) is 12.1 Å². The van der Waals surface area contributed by atoms with Crippen LogP contribution in [0, 0.1) is 0 Å². The quantitative estimate of drug-likeness (QED) is 0.582. The highest BCUT2D eigenvalue weighted by atomic mass is 35.5. The van der Waals surface area contributed by atoms with Crippen LogP contribution in [0.1, 0.15) is 10.4 Å². The number of carbonyl (C=O) groups is 1. The van der Waals surface area contributed by atoms with Gasteiger partial charge in [0.25, 0.3) is 0 Å². The van der Waals surface area contributed by atoms with Gasteiger partial charge in [0.15, 0.2) is 6.29 Å². The van der Waals surface area contributed by atoms with Crippen LogP contribution < -0.4 is 0 Å². The van der Waals surface area contributed by atoms with Crippen molar-refractivity contribution in [1.82, 2.24) is 0 Å². The van der Waals surface area contributed by atoms with Gasteiger partial charge in [0, 0.05) is 21.2 Å². The lowest BCUT2D eigenvalue weighted by Gasteiger charge is -1.97. The van der Waals surface area contributed by atoms with E-state index in [-0.39, 0.29) is 0 Å². The van der Waals surface area contributed by atoms with E-state index < -0.39 is 0 Å². The maximum Gasteiger partial charge on any atom is 0.150 e. The van der Waals surface area contributed by atoms with Crippen LogP contribution in [0.25, 0.3) is 10.1 Å². The number of carbonyl (C=O) groups excluding carboxylic acids is 1. The first kappa shape index (κ1) is 9.06. The van der Waals surface area contributed by atoms with Crippen LogP contribution in [-0.4, -0.2) is 6.29 Å². The molecule has 2 aromatic rings. The second kappa shape index (κ2) is 3.33. The van der Waals surface area contributed by atoms with E-state index in [2.05, 4.69) is 12.6 Å². The second-order valence-corrected chi connectivity index (χ2v) is 4.35. The number of rotatable bonds is 1. The number of thiophene rings is 1. The van der Waals surface area contributed by atoms with Gasteiger partial charge in [0.1, 0.15) is 0 Å². The second-order valence-electron chi connectivity index (χ2n) is 2.58. The summed E-state index contributed by atoms with van der Waals surface area (Å²) in [5, 5.41) is 3.41. The first-order valence-electron chi connectivity index (χ1n) is 3.58. The summed E-state index contributed by atoms with van der Waals surface area (Å²) in [6.45, 7) is 0. The summed E-state index contributed by atoms with van der Waals surface area (Å²) in [7, 11) is 0. The van der Waals surface area contributed by atoms with Crippen molar-refractivity contribution in [2.45, 2.75) is 4.90 Å². The molecule has 0 radical (unpaired) electrons. The van der Waals surface area contributed by atoms with Crippen molar-refractivity contribution in [2.24, 2.45) is 0 Å². The van der Waals surface area contributed by atoms with E-state index in [9.17, 15) is 4.79 Å². The SMILES string of the molecule is O=Cc1ccc(Cl)c2scc(S)c12. The van der Waals surface area contributed by atoms with Gasteiger partial charge in [-0.2, -0.15) is 0 Å². The third-order valence-corrected chi connectivity index (χ3v) is 3.78. The largest absolute Gasteiger partial charge is 0.298 e. The maximum absolute atomic E-state index is 10.7. The molecule has 0 spiro atoms. The van der Waals surface area contributed by atoms with Crippen LogP contribution in [0.2, 0.25) is 5.02 Å². The molecular weight excluding hydrogens is 224 g/mol. The molecule has 0 saturated carbocycles. The van der Waals surface area contributed by atoms with Crippen LogP contribution in [0.4, 0.5) is 0 Å². The first-order chi connectivity index (χ1) is 6.24. The number of hydrogen-bond acceptors (Lipinski definition) is 3. The molecule has 0 aliphatic rings. The van der Waals surface area contributed by atoms with Gasteiger partial charge < -0.3 is 0 Å². The predicted molar refractivity (Wildman–Crippen MR) is 59.5 cm³/mol. The standard InChI is InChI=1S/C9H5ClOS2/c10-6-2-1-5(3-11)8-7(12)4-13-9(6)8/h1-4,12H. The normalized spacial score (nSPS) is 10.6. The van der Waals surface area contributed by atoms with Gasteiger partial charge in [-0.25, -0.2) is 0 Å². The predicted octanol–water partition coefficient (Wildman–Crippen LogP) is 3.66. The monoisotopic (exact) mass is 228 g/mol. The molecule has 1 heterocycles. The molecule has 0 amide bonds. The Morgan fingerprint density at radius 2 is 2.23 bits per heavy atom. The molecule has 0 aliphatic heterocycles. The minimum atomic E-state index is 0.644. The summed E-state index contributed by atoms with van der Waals surface area (Å²) in [6, 6.07) is 3.45. The lowest BCUT2D eigenvalue weighted by atomic mass is 10.1. The Balaban J connectivity index is 2.96. The zero-order chi connectivity index (χ0) is 9.42. The van der Waals surface area contributed by atoms with E-state index in [1.807, 2.05) is 5.38 Å². The molecule has 0 saturated heterocycles. The zero-order valence-corrected chi connectivity index (χ0v) is 8.92. The average molecular weight is 229 g/mol. The molecule has 4 heteroatoms.